The number of hydrogen-bond donors (Lipinski definition) is 0. The number of methoxy groups -OCH3 is 5. The third-order valence-electron chi connectivity index (χ3n) is 8.87. The minimum atomic E-state index is -0.234. The molecular weight excluding hydrogens is 494 g/mol. The third kappa shape index (κ3) is 4.72. The van der Waals surface area contributed by atoms with Gasteiger partial charge in [0, 0.05) is 62.1 Å². The topological polar surface area (TPSA) is 55.9 Å². The molecule has 3 aliphatic rings. The van der Waals surface area contributed by atoms with Crippen LogP contribution in [0.15, 0.2) is 42.1 Å². The summed E-state index contributed by atoms with van der Waals surface area (Å²) in [5.41, 5.74) is 4.62. The predicted octanol–water partition coefficient (Wildman–Crippen LogP) is 4.61. The van der Waals surface area contributed by atoms with Crippen LogP contribution in [0.2, 0.25) is 0 Å². The second-order valence-corrected chi connectivity index (χ2v) is 11.4. The molecule has 0 N–H and O–H groups in total. The van der Waals surface area contributed by atoms with Gasteiger partial charge < -0.3 is 28.6 Å². The lowest BCUT2D eigenvalue weighted by atomic mass is 9.77. The minimum absolute atomic E-state index is 0.111. The van der Waals surface area contributed by atoms with Gasteiger partial charge in [-0.1, -0.05) is 19.9 Å². The number of benzene rings is 2. The second-order valence-electron chi connectivity index (χ2n) is 11.4. The van der Waals surface area contributed by atoms with Gasteiger partial charge in [0.05, 0.1) is 34.0 Å². The fourth-order valence-corrected chi connectivity index (χ4v) is 6.94. The fourth-order valence-electron chi connectivity index (χ4n) is 6.94. The molecule has 8 nitrogen and oxygen atoms in total. The van der Waals surface area contributed by atoms with E-state index in [1.165, 1.54) is 22.4 Å². The van der Waals surface area contributed by atoms with Crippen molar-refractivity contribution >= 4 is 0 Å². The fraction of sp³-hybridized carbons (Fsp3) is 0.548. The number of likely N-dealkylation sites (N-methyl/N-ethyl adjacent to an activating group) is 1. The van der Waals surface area contributed by atoms with Crippen LogP contribution in [-0.2, 0) is 23.2 Å². The standard InChI is InChI=1S/C31H43N3O5/c1-30(2)18-27-31(9-11-33(12-10-31)19-21-13-23(35-4)16-24(14-21)36-5)32(3)29(39-8)34(27)20-22-15-25(37-6)17-26(38-7)28(22)30/h13-18,29H,9-12,19-20H2,1-8H3. The van der Waals surface area contributed by atoms with E-state index in [9.17, 15) is 0 Å². The lowest BCUT2D eigenvalue weighted by Crippen LogP contribution is -2.53. The second kappa shape index (κ2) is 10.6. The van der Waals surface area contributed by atoms with Crippen molar-refractivity contribution in [3.8, 4) is 23.0 Å². The molecule has 0 saturated carbocycles. The Morgan fingerprint density at radius 2 is 1.44 bits per heavy atom. The Balaban J connectivity index is 1.46. The summed E-state index contributed by atoms with van der Waals surface area (Å²) in [5, 5.41) is 0. The van der Waals surface area contributed by atoms with Crippen molar-refractivity contribution in [2.24, 2.45) is 0 Å². The number of fused-ring (bicyclic) bond motifs is 3. The smallest absolute Gasteiger partial charge is 0.189 e. The van der Waals surface area contributed by atoms with Crippen LogP contribution < -0.4 is 18.9 Å². The van der Waals surface area contributed by atoms with Gasteiger partial charge in [-0.3, -0.25) is 9.80 Å². The highest BCUT2D eigenvalue weighted by molar-refractivity contribution is 5.54. The lowest BCUT2D eigenvalue weighted by Gasteiger charge is -2.44. The predicted molar refractivity (Wildman–Crippen MR) is 152 cm³/mol. The van der Waals surface area contributed by atoms with Crippen molar-refractivity contribution in [3.05, 3.63) is 58.8 Å². The summed E-state index contributed by atoms with van der Waals surface area (Å²) in [6.07, 6.45) is 4.34. The number of nitrogens with zero attached hydrogens (tertiary/aromatic N) is 3. The van der Waals surface area contributed by atoms with Gasteiger partial charge in [-0.05, 0) is 49.2 Å². The molecule has 5 rings (SSSR count). The summed E-state index contributed by atoms with van der Waals surface area (Å²) in [7, 11) is 10.9. The van der Waals surface area contributed by atoms with E-state index in [1.54, 1.807) is 28.4 Å². The Hall–Kier alpha value is -2.94. The quantitative estimate of drug-likeness (QED) is 0.508. The molecule has 3 heterocycles. The van der Waals surface area contributed by atoms with E-state index in [2.05, 4.69) is 59.9 Å². The molecule has 2 fully saturated rings. The number of rotatable bonds is 7. The summed E-state index contributed by atoms with van der Waals surface area (Å²) < 4.78 is 28.7. The molecule has 0 amide bonds. The first-order valence-corrected chi connectivity index (χ1v) is 13.6. The van der Waals surface area contributed by atoms with Crippen LogP contribution >= 0.6 is 0 Å². The molecule has 2 aromatic carbocycles. The first-order valence-electron chi connectivity index (χ1n) is 13.6. The third-order valence-corrected chi connectivity index (χ3v) is 8.87. The van der Waals surface area contributed by atoms with Crippen LogP contribution in [0, 0.1) is 0 Å². The van der Waals surface area contributed by atoms with Crippen LogP contribution in [0.4, 0.5) is 0 Å². The van der Waals surface area contributed by atoms with Gasteiger partial charge in [0.15, 0.2) is 6.35 Å². The number of likely N-dealkylation sites (tertiary alicyclic amines) is 1. The number of piperidine rings is 1. The van der Waals surface area contributed by atoms with Crippen LogP contribution in [0.3, 0.4) is 0 Å². The molecule has 0 bridgehead atoms. The molecule has 39 heavy (non-hydrogen) atoms. The average Bonchev–Trinajstić information content (AvgIpc) is 3.05. The van der Waals surface area contributed by atoms with Gasteiger partial charge in [-0.15, -0.1) is 0 Å². The molecule has 212 valence electrons. The van der Waals surface area contributed by atoms with E-state index in [0.717, 1.165) is 62.0 Å². The highest BCUT2D eigenvalue weighted by Gasteiger charge is 2.55. The largest absolute Gasteiger partial charge is 0.497 e. The molecular formula is C31H43N3O5. The molecule has 3 aliphatic heterocycles. The van der Waals surface area contributed by atoms with E-state index in [-0.39, 0.29) is 17.3 Å². The molecule has 2 saturated heterocycles. The Kier molecular flexibility index (Phi) is 7.48. The minimum Gasteiger partial charge on any atom is -0.497 e. The maximum atomic E-state index is 6.15. The number of hydrogen-bond acceptors (Lipinski definition) is 8. The van der Waals surface area contributed by atoms with Crippen molar-refractivity contribution < 1.29 is 23.7 Å². The summed E-state index contributed by atoms with van der Waals surface area (Å²) in [4.78, 5) is 7.42. The number of ether oxygens (including phenoxy) is 5. The van der Waals surface area contributed by atoms with Gasteiger partial charge in [0.1, 0.15) is 23.0 Å². The Morgan fingerprint density at radius 1 is 0.821 bits per heavy atom. The maximum Gasteiger partial charge on any atom is 0.189 e. The van der Waals surface area contributed by atoms with Gasteiger partial charge in [-0.2, -0.15) is 0 Å². The zero-order valence-electron chi connectivity index (χ0n) is 24.7. The zero-order valence-corrected chi connectivity index (χ0v) is 24.7. The molecule has 2 aromatic rings. The summed E-state index contributed by atoms with van der Waals surface area (Å²) in [5.74, 6) is 3.32. The summed E-state index contributed by atoms with van der Waals surface area (Å²) >= 11 is 0. The van der Waals surface area contributed by atoms with E-state index >= 15 is 0 Å². The van der Waals surface area contributed by atoms with Crippen molar-refractivity contribution in [1.29, 1.82) is 0 Å². The Bertz CT molecular complexity index is 1210. The van der Waals surface area contributed by atoms with Gasteiger partial charge >= 0.3 is 0 Å². The number of allylic oxidation sites excluding steroid dienone is 1. The first-order chi connectivity index (χ1) is 18.7. The Morgan fingerprint density at radius 3 is 2.00 bits per heavy atom. The summed E-state index contributed by atoms with van der Waals surface area (Å²) in [6.45, 7) is 8.13. The Labute approximate surface area is 233 Å². The summed E-state index contributed by atoms with van der Waals surface area (Å²) in [6, 6.07) is 10.3. The average molecular weight is 538 g/mol. The molecule has 1 unspecified atom stereocenters. The van der Waals surface area contributed by atoms with Crippen LogP contribution in [0.5, 0.6) is 23.0 Å². The molecule has 0 aliphatic carbocycles. The van der Waals surface area contributed by atoms with Crippen LogP contribution in [0.1, 0.15) is 43.4 Å². The van der Waals surface area contributed by atoms with Crippen molar-refractivity contribution in [2.75, 3.05) is 55.7 Å². The van der Waals surface area contributed by atoms with Crippen molar-refractivity contribution in [2.45, 2.75) is 57.1 Å². The molecule has 1 spiro atoms. The van der Waals surface area contributed by atoms with Gasteiger partial charge in [0.2, 0.25) is 0 Å². The molecule has 0 radical (unpaired) electrons. The van der Waals surface area contributed by atoms with Crippen LogP contribution in [-0.4, -0.2) is 82.3 Å². The molecule has 0 aromatic heterocycles. The van der Waals surface area contributed by atoms with Gasteiger partial charge in [-0.25, -0.2) is 0 Å². The first kappa shape index (κ1) is 27.6. The zero-order chi connectivity index (χ0) is 27.9. The highest BCUT2D eigenvalue weighted by atomic mass is 16.5. The van der Waals surface area contributed by atoms with Crippen molar-refractivity contribution in [3.63, 3.8) is 0 Å². The normalized spacial score (nSPS) is 22.1. The molecule has 1 atom stereocenters. The molecule has 8 heteroatoms. The van der Waals surface area contributed by atoms with E-state index < -0.39 is 0 Å². The van der Waals surface area contributed by atoms with Crippen molar-refractivity contribution in [1.82, 2.24) is 14.7 Å². The van der Waals surface area contributed by atoms with E-state index in [0.29, 0.717) is 0 Å². The van der Waals surface area contributed by atoms with E-state index in [4.69, 9.17) is 23.7 Å². The monoisotopic (exact) mass is 537 g/mol. The van der Waals surface area contributed by atoms with Gasteiger partial charge in [0.25, 0.3) is 0 Å². The highest BCUT2D eigenvalue weighted by Crippen LogP contribution is 2.51. The SMILES string of the molecule is COc1cc(CN2CCC3(CC2)C2=CC(C)(C)c4c(cc(OC)cc4OC)CN2C(OC)N3C)cc(OC)c1. The van der Waals surface area contributed by atoms with Crippen LogP contribution in [0.25, 0.3) is 0 Å². The lowest BCUT2D eigenvalue weighted by molar-refractivity contribution is -0.101. The van der Waals surface area contributed by atoms with E-state index in [1.807, 2.05) is 19.2 Å². The maximum absolute atomic E-state index is 6.15.